The van der Waals surface area contributed by atoms with E-state index < -0.39 is 143 Å². The second-order valence-electron chi connectivity index (χ2n) is 33.4. The van der Waals surface area contributed by atoms with E-state index in [2.05, 4.69) is 83.4 Å². The average Bonchev–Trinajstić information content (AvgIpc) is 1.67. The van der Waals surface area contributed by atoms with Crippen LogP contribution in [0.15, 0.2) is 152 Å². The molecule has 10 aromatic rings. The minimum Gasteiger partial charge on any atom is -0.368 e. The molecule has 0 aliphatic carbocycles. The monoisotopic (exact) mass is 1790 g/mol. The molecule has 0 saturated heterocycles. The van der Waals surface area contributed by atoms with Crippen molar-refractivity contribution in [2.45, 2.75) is 227 Å². The molecule has 12 amide bonds. The first kappa shape index (κ1) is 99.3. The number of aromatic nitrogens is 5. The first-order chi connectivity index (χ1) is 62.9. The minimum atomic E-state index is -1.53. The fraction of sp³-hybridized carbons (Fsp3) is 0.447. The second-order valence-corrected chi connectivity index (χ2v) is 33.4. The highest BCUT2D eigenvalue weighted by atomic mass is 16.2. The molecule has 32 N–H and O–H groups in total. The molecule has 0 radical (unpaired) electrons. The van der Waals surface area contributed by atoms with Crippen molar-refractivity contribution in [3.8, 4) is 0 Å². The molecule has 5 heterocycles. The van der Waals surface area contributed by atoms with Crippen molar-refractivity contribution in [3.05, 3.63) is 180 Å². The molecule has 0 bridgehead atoms. The van der Waals surface area contributed by atoms with Crippen LogP contribution in [0.5, 0.6) is 0 Å². The van der Waals surface area contributed by atoms with Crippen molar-refractivity contribution in [2.75, 3.05) is 39.3 Å². The van der Waals surface area contributed by atoms with Crippen LogP contribution in [0.25, 0.3) is 54.5 Å². The number of hydrogen-bond acceptors (Lipinski definition) is 19. The SMILES string of the molecule is C[C@H](NC(=O)[C@H](Cc1c[nH]c2ccccc12)NC(=O)[C@@H](N)CCCCN)C(=O)N[C@@H](CCCCN)C(=O)N[C@@H](CCCCN)C(=O)N[C@@H](Cc1c[nH]c2ccccc12)C(=O)N[C@@H](Cc1c[nH]c2ccccc12)C(=O)N[C@@H](CCCCN)C(=O)N[C@@H](Cc1c[nH]c2ccccc12)C(=O)N[C@@H](Cc1c[nH]c2ccccc12)C(=O)N[C@@H](CCCCN)C(=O)N[C@@H](CCCCN)C(N)=O. The first-order valence-electron chi connectivity index (χ1n) is 45.3. The molecular formula is C94H130N24O12. The van der Waals surface area contributed by atoms with Gasteiger partial charge >= 0.3 is 0 Å². The van der Waals surface area contributed by atoms with Crippen LogP contribution in [0.4, 0.5) is 0 Å². The number of benzene rings is 5. The quantitative estimate of drug-likeness (QED) is 0.0244. The maximum absolute atomic E-state index is 15.9. The van der Waals surface area contributed by atoms with Gasteiger partial charge < -0.3 is 129 Å². The van der Waals surface area contributed by atoms with E-state index in [1.807, 2.05) is 121 Å². The van der Waals surface area contributed by atoms with E-state index in [0.717, 1.165) is 21.8 Å². The maximum atomic E-state index is 15.9. The van der Waals surface area contributed by atoms with E-state index >= 15 is 33.6 Å². The smallest absolute Gasteiger partial charge is 0.243 e. The molecule has 36 heteroatoms. The van der Waals surface area contributed by atoms with E-state index in [0.29, 0.717) is 151 Å². The van der Waals surface area contributed by atoms with Crippen molar-refractivity contribution in [1.29, 1.82) is 0 Å². The van der Waals surface area contributed by atoms with Gasteiger partial charge in [0.15, 0.2) is 0 Å². The van der Waals surface area contributed by atoms with Gasteiger partial charge in [0.1, 0.15) is 66.5 Å². The Morgan fingerprint density at radius 2 is 0.438 bits per heavy atom. The van der Waals surface area contributed by atoms with E-state index in [1.165, 1.54) is 6.92 Å². The number of amides is 12. The van der Waals surface area contributed by atoms with Gasteiger partial charge in [-0.3, -0.25) is 57.5 Å². The van der Waals surface area contributed by atoms with Crippen LogP contribution >= 0.6 is 0 Å². The van der Waals surface area contributed by atoms with Gasteiger partial charge in [0.25, 0.3) is 0 Å². The van der Waals surface area contributed by atoms with Gasteiger partial charge in [-0.05, 0) is 213 Å². The Bertz CT molecular complexity index is 5420. The van der Waals surface area contributed by atoms with Crippen molar-refractivity contribution >= 4 is 125 Å². The Kier molecular flexibility index (Phi) is 38.8. The Morgan fingerprint density at radius 3 is 0.685 bits per heavy atom. The third-order valence-electron chi connectivity index (χ3n) is 23.6. The van der Waals surface area contributed by atoms with Crippen LogP contribution in [-0.4, -0.2) is 208 Å². The third-order valence-corrected chi connectivity index (χ3v) is 23.6. The number of carbonyl (C=O) groups is 12. The number of unbranched alkanes of at least 4 members (excludes halogenated alkanes) is 6. The lowest BCUT2D eigenvalue weighted by Crippen LogP contribution is -2.61. The minimum absolute atomic E-state index is 0.00879. The topological polar surface area (TPSA) is 624 Å². The summed E-state index contributed by atoms with van der Waals surface area (Å²) in [7, 11) is 0. The summed E-state index contributed by atoms with van der Waals surface area (Å²) in [5.41, 5.74) is 54.3. The number of para-hydroxylation sites is 5. The number of rotatable bonds is 57. The fourth-order valence-corrected chi connectivity index (χ4v) is 16.2. The number of nitrogens with one attached hydrogen (secondary N) is 16. The van der Waals surface area contributed by atoms with Gasteiger partial charge in [-0.1, -0.05) is 97.4 Å². The molecule has 698 valence electrons. The van der Waals surface area contributed by atoms with Gasteiger partial charge in [-0.15, -0.1) is 0 Å². The van der Waals surface area contributed by atoms with Crippen molar-refractivity contribution < 1.29 is 57.5 Å². The molecule has 5 aromatic heterocycles. The molecule has 0 spiro atoms. The Morgan fingerprint density at radius 1 is 0.246 bits per heavy atom. The zero-order chi connectivity index (χ0) is 93.0. The summed E-state index contributed by atoms with van der Waals surface area (Å²) in [4.78, 5) is 195. The summed E-state index contributed by atoms with van der Waals surface area (Å²) in [6.45, 7) is 3.12. The van der Waals surface area contributed by atoms with E-state index in [-0.39, 0.29) is 96.8 Å². The van der Waals surface area contributed by atoms with Gasteiger partial charge in [0.2, 0.25) is 70.9 Å². The van der Waals surface area contributed by atoms with E-state index in [9.17, 15) is 24.0 Å². The standard InChI is InChI=1S/C94H130N24O12/c1-56(108-90(126)78(114-85(121)67(101)29-12-18-40-95)46-57-51-103-68-30-7-2-24-62(57)68)84(120)110-74(36-14-20-42-97)87(123)111-76(38-16-22-44-99)88(124)115-81(49-60-54-106-71-33-10-5-27-65(60)71)93(129)118-80(48-59-53-105-70-32-9-4-26-64(59)70)92(128)113-77(39-17-23-45-100)89(125)116-82(50-61-55-107-72-34-11-6-28-66(61)72)94(130)117-79(47-58-52-104-69-31-8-3-25-63(58)69)91(127)112-75(37-15-21-43-98)86(122)109-73(83(102)119)35-13-19-41-96/h2-11,24-28,30-34,51-56,67,73-82,103-107H,12-23,29,35-50,95-101H2,1H3,(H2,102,119)(H,108,126)(H,109,122)(H,110,120)(H,111,123)(H,112,127)(H,113,128)(H,114,121)(H,115,124)(H,116,125)(H,117,130)(H,118,129)/t56-,67-,73-,74-,75-,76-,77-,78-,79-,80-,81-,82-/m0/s1. The predicted octanol–water partition coefficient (Wildman–Crippen LogP) is 2.55. The number of primary amides is 1. The molecule has 5 aromatic carbocycles. The van der Waals surface area contributed by atoms with Crippen LogP contribution < -0.4 is 104 Å². The molecule has 36 nitrogen and oxygen atoms in total. The normalized spacial score (nSPS) is 14.3. The summed E-state index contributed by atoms with van der Waals surface area (Å²) in [5.74, 6) is -9.29. The molecular weight excluding hydrogens is 1660 g/mol. The summed E-state index contributed by atoms with van der Waals surface area (Å²) in [6, 6.07) is 20.8. The molecule has 130 heavy (non-hydrogen) atoms. The lowest BCUT2D eigenvalue weighted by atomic mass is 9.99. The number of nitrogens with two attached hydrogens (primary N) is 8. The highest BCUT2D eigenvalue weighted by molar-refractivity contribution is 6.01. The first-order valence-corrected chi connectivity index (χ1v) is 45.3. The average molecular weight is 1790 g/mol. The van der Waals surface area contributed by atoms with Gasteiger partial charge in [0.05, 0.1) is 6.04 Å². The molecule has 0 fully saturated rings. The van der Waals surface area contributed by atoms with Crippen LogP contribution in [-0.2, 0) is 89.6 Å². The highest BCUT2D eigenvalue weighted by Gasteiger charge is 2.38. The fourth-order valence-electron chi connectivity index (χ4n) is 16.2. The van der Waals surface area contributed by atoms with Gasteiger partial charge in [-0.25, -0.2) is 0 Å². The number of fused-ring (bicyclic) bond motifs is 5. The van der Waals surface area contributed by atoms with Crippen molar-refractivity contribution in [1.82, 2.24) is 83.4 Å². The number of carbonyl (C=O) groups excluding carboxylic acids is 12. The summed E-state index contributed by atoms with van der Waals surface area (Å²) in [6.07, 6.45) is 13.7. The Hall–Kier alpha value is -12.8. The van der Waals surface area contributed by atoms with Crippen molar-refractivity contribution in [2.24, 2.45) is 45.9 Å². The van der Waals surface area contributed by atoms with Crippen LogP contribution in [0.2, 0.25) is 0 Å². The number of aromatic amines is 5. The van der Waals surface area contributed by atoms with Gasteiger partial charge in [-0.2, -0.15) is 0 Å². The zero-order valence-electron chi connectivity index (χ0n) is 73.9. The highest BCUT2D eigenvalue weighted by Crippen LogP contribution is 2.27. The van der Waals surface area contributed by atoms with Crippen LogP contribution in [0, 0.1) is 0 Å². The number of H-pyrrole nitrogens is 5. The summed E-state index contributed by atoms with van der Waals surface area (Å²) < 4.78 is 0. The lowest BCUT2D eigenvalue weighted by molar-refractivity contribution is -0.136. The molecule has 10 rings (SSSR count). The Balaban J connectivity index is 0.933. The Labute approximate surface area is 755 Å². The molecule has 12 atom stereocenters. The molecule has 0 aliphatic rings. The zero-order valence-corrected chi connectivity index (χ0v) is 73.9. The van der Waals surface area contributed by atoms with Crippen LogP contribution in [0.3, 0.4) is 0 Å². The third kappa shape index (κ3) is 28.6. The van der Waals surface area contributed by atoms with Crippen LogP contribution in [0.1, 0.15) is 150 Å². The predicted molar refractivity (Wildman–Crippen MR) is 502 cm³/mol. The molecule has 0 saturated carbocycles. The second kappa shape index (κ2) is 50.8. The van der Waals surface area contributed by atoms with E-state index in [4.69, 9.17) is 45.9 Å². The summed E-state index contributed by atoms with van der Waals surface area (Å²) >= 11 is 0. The van der Waals surface area contributed by atoms with E-state index in [1.54, 1.807) is 31.0 Å². The lowest BCUT2D eigenvalue weighted by Gasteiger charge is -2.29. The molecule has 0 unspecified atom stereocenters. The maximum Gasteiger partial charge on any atom is 0.243 e. The summed E-state index contributed by atoms with van der Waals surface area (Å²) in [5, 5.41) is 35.2. The van der Waals surface area contributed by atoms with Crippen molar-refractivity contribution in [3.63, 3.8) is 0 Å². The molecule has 0 aliphatic heterocycles. The largest absolute Gasteiger partial charge is 0.368 e. The van der Waals surface area contributed by atoms with Gasteiger partial charge in [0, 0.05) is 118 Å². The number of hydrogen-bond donors (Lipinski definition) is 24.